The quantitative estimate of drug-likeness (QED) is 0.479. The van der Waals surface area contributed by atoms with Crippen molar-refractivity contribution >= 4 is 44.8 Å². The van der Waals surface area contributed by atoms with Crippen molar-refractivity contribution in [2.24, 2.45) is 11.8 Å². The highest BCUT2D eigenvalue weighted by Crippen LogP contribution is 2.50. The lowest BCUT2D eigenvalue weighted by molar-refractivity contribution is -0.119. The van der Waals surface area contributed by atoms with Crippen molar-refractivity contribution in [2.45, 2.75) is 29.1 Å². The molecule has 0 aromatic heterocycles. The number of ketones is 2. The molecule has 29 heavy (non-hydrogen) atoms. The van der Waals surface area contributed by atoms with Crippen molar-refractivity contribution in [1.29, 1.82) is 0 Å². The Bertz CT molecular complexity index is 1140. The molecule has 0 aliphatic heterocycles. The molecule has 4 nitrogen and oxygen atoms in total. The number of carbonyl (C=O) groups excluding carboxylic acids is 2. The van der Waals surface area contributed by atoms with E-state index in [2.05, 4.69) is 0 Å². The Hall–Kier alpha value is -1.89. The molecular weight excluding hydrogens is 428 g/mol. The van der Waals surface area contributed by atoms with Crippen molar-refractivity contribution in [2.75, 3.05) is 6.26 Å². The second kappa shape index (κ2) is 7.74. The van der Waals surface area contributed by atoms with Crippen LogP contribution in [0, 0.1) is 11.8 Å². The highest BCUT2D eigenvalue weighted by atomic mass is 35.5. The number of allylic oxidation sites excluding steroid dienone is 2. The van der Waals surface area contributed by atoms with Crippen LogP contribution in [0.1, 0.15) is 29.6 Å². The number of halogens is 1. The third-order valence-electron chi connectivity index (χ3n) is 5.48. The van der Waals surface area contributed by atoms with E-state index in [-0.39, 0.29) is 38.7 Å². The fraction of sp³-hybridized carbons (Fsp3) is 0.273. The van der Waals surface area contributed by atoms with Gasteiger partial charge in [0.2, 0.25) is 0 Å². The number of thioether (sulfide) groups is 1. The summed E-state index contributed by atoms with van der Waals surface area (Å²) >= 11 is 7.74. The van der Waals surface area contributed by atoms with E-state index >= 15 is 0 Å². The van der Waals surface area contributed by atoms with E-state index in [9.17, 15) is 18.0 Å². The zero-order valence-corrected chi connectivity index (χ0v) is 18.1. The second-order valence-electron chi connectivity index (χ2n) is 7.47. The summed E-state index contributed by atoms with van der Waals surface area (Å²) in [6, 6.07) is 13.7. The van der Waals surface area contributed by atoms with E-state index < -0.39 is 15.6 Å². The Kier molecular flexibility index (Phi) is 5.44. The van der Waals surface area contributed by atoms with Gasteiger partial charge in [-0.25, -0.2) is 8.42 Å². The minimum atomic E-state index is -3.44. The van der Waals surface area contributed by atoms with Crippen LogP contribution in [0.3, 0.4) is 0 Å². The molecule has 2 atom stereocenters. The van der Waals surface area contributed by atoms with E-state index in [1.54, 1.807) is 0 Å². The van der Waals surface area contributed by atoms with Gasteiger partial charge < -0.3 is 0 Å². The molecule has 2 aliphatic rings. The van der Waals surface area contributed by atoms with Gasteiger partial charge in [0.25, 0.3) is 0 Å². The first-order chi connectivity index (χ1) is 13.8. The molecule has 0 saturated heterocycles. The second-order valence-corrected chi connectivity index (χ2v) is 11.0. The van der Waals surface area contributed by atoms with Crippen LogP contribution in [0.2, 0.25) is 5.02 Å². The maximum atomic E-state index is 13.4. The normalized spacial score (nSPS) is 21.5. The van der Waals surface area contributed by atoms with Gasteiger partial charge in [-0.1, -0.05) is 41.6 Å². The smallest absolute Gasteiger partial charge is 0.198 e. The number of fused-ring (bicyclic) bond motifs is 2. The molecule has 0 radical (unpaired) electrons. The van der Waals surface area contributed by atoms with Crippen molar-refractivity contribution < 1.29 is 18.0 Å². The average molecular weight is 447 g/mol. The molecule has 2 aliphatic carbocycles. The molecule has 1 fully saturated rings. The zero-order valence-electron chi connectivity index (χ0n) is 15.7. The van der Waals surface area contributed by atoms with Crippen LogP contribution in [-0.4, -0.2) is 26.2 Å². The van der Waals surface area contributed by atoms with Gasteiger partial charge in [-0.05, 0) is 55.5 Å². The van der Waals surface area contributed by atoms with Crippen LogP contribution >= 0.6 is 23.4 Å². The summed E-state index contributed by atoms with van der Waals surface area (Å²) in [7, 11) is -3.44. The Balaban J connectivity index is 1.79. The van der Waals surface area contributed by atoms with E-state index in [1.807, 2.05) is 30.3 Å². The van der Waals surface area contributed by atoms with Gasteiger partial charge >= 0.3 is 0 Å². The van der Waals surface area contributed by atoms with Crippen molar-refractivity contribution in [1.82, 2.24) is 0 Å². The fourth-order valence-electron chi connectivity index (χ4n) is 4.01. The Morgan fingerprint density at radius 1 is 1.07 bits per heavy atom. The molecule has 2 aromatic carbocycles. The van der Waals surface area contributed by atoms with Crippen LogP contribution < -0.4 is 0 Å². The largest absolute Gasteiger partial charge is 0.294 e. The highest BCUT2D eigenvalue weighted by molar-refractivity contribution is 8.03. The number of carbonyl (C=O) groups is 2. The summed E-state index contributed by atoms with van der Waals surface area (Å²) < 4.78 is 23.5. The number of benzene rings is 2. The third kappa shape index (κ3) is 3.93. The number of hydrogen-bond acceptors (Lipinski definition) is 5. The standard InChI is InChI=1S/C22H19ClO4S2/c1-29(26,27)16-9-10-17(18(23)12-16)21(25)19-20(24)13-7-8-14(11-13)22(19)28-15-5-3-2-4-6-15/h2-6,9-10,12-14H,7-8,11H2,1H3/t13-,14+/m0/s1. The van der Waals surface area contributed by atoms with Gasteiger partial charge in [-0.15, -0.1) is 0 Å². The van der Waals surface area contributed by atoms with Gasteiger partial charge in [0.15, 0.2) is 21.4 Å². The summed E-state index contributed by atoms with van der Waals surface area (Å²) in [4.78, 5) is 28.3. The Morgan fingerprint density at radius 3 is 2.41 bits per heavy atom. The number of hydrogen-bond donors (Lipinski definition) is 0. The third-order valence-corrected chi connectivity index (χ3v) is 8.17. The maximum Gasteiger partial charge on any atom is 0.198 e. The zero-order chi connectivity index (χ0) is 20.8. The van der Waals surface area contributed by atoms with Crippen molar-refractivity contribution in [3.8, 4) is 0 Å². The first kappa shape index (κ1) is 20.4. The Morgan fingerprint density at radius 2 is 1.76 bits per heavy atom. The van der Waals surface area contributed by atoms with Crippen LogP contribution in [0.15, 0.2) is 68.8 Å². The van der Waals surface area contributed by atoms with Crippen molar-refractivity contribution in [3.63, 3.8) is 0 Å². The first-order valence-corrected chi connectivity index (χ1v) is 12.4. The molecular formula is C22H19ClO4S2. The molecule has 7 heteroatoms. The van der Waals surface area contributed by atoms with E-state index in [1.165, 1.54) is 30.0 Å². The molecule has 0 N–H and O–H groups in total. The van der Waals surface area contributed by atoms with Crippen molar-refractivity contribution in [3.05, 3.63) is 69.6 Å². The lowest BCUT2D eigenvalue weighted by Crippen LogP contribution is -2.26. The Labute approximate surface area is 179 Å². The minimum absolute atomic E-state index is 0.0419. The molecule has 4 rings (SSSR count). The van der Waals surface area contributed by atoms with Crippen LogP contribution in [-0.2, 0) is 14.6 Å². The van der Waals surface area contributed by atoms with E-state index in [4.69, 9.17) is 11.6 Å². The summed E-state index contributed by atoms with van der Waals surface area (Å²) in [5.41, 5.74) is 0.376. The molecule has 2 aromatic rings. The predicted octanol–water partition coefficient (Wildman–Crippen LogP) is 4.97. The number of rotatable bonds is 5. The van der Waals surface area contributed by atoms with Gasteiger partial charge in [0, 0.05) is 27.5 Å². The number of sulfone groups is 1. The van der Waals surface area contributed by atoms with Crippen LogP contribution in [0.5, 0.6) is 0 Å². The molecule has 0 heterocycles. The topological polar surface area (TPSA) is 68.3 Å². The van der Waals surface area contributed by atoms with E-state index in [0.717, 1.165) is 35.3 Å². The molecule has 1 saturated carbocycles. The lowest BCUT2D eigenvalue weighted by Gasteiger charge is -2.24. The SMILES string of the molecule is CS(=O)(=O)c1ccc(C(=O)C2=C(Sc3ccccc3)[C@@H]3CC[C@@H](C3)C2=O)c(Cl)c1. The summed E-state index contributed by atoms with van der Waals surface area (Å²) in [6.07, 6.45) is 3.55. The average Bonchev–Trinajstić information content (AvgIpc) is 3.12. The van der Waals surface area contributed by atoms with Gasteiger partial charge in [-0.3, -0.25) is 9.59 Å². The van der Waals surface area contributed by atoms with E-state index in [0.29, 0.717) is 0 Å². The highest BCUT2D eigenvalue weighted by Gasteiger charge is 2.43. The summed E-state index contributed by atoms with van der Waals surface area (Å²) in [5, 5.41) is 0.0419. The maximum absolute atomic E-state index is 13.4. The minimum Gasteiger partial charge on any atom is -0.294 e. The van der Waals surface area contributed by atoms with Gasteiger partial charge in [-0.2, -0.15) is 0 Å². The molecule has 0 amide bonds. The molecule has 0 unspecified atom stereocenters. The molecule has 2 bridgehead atoms. The van der Waals surface area contributed by atoms with Gasteiger partial charge in [0.1, 0.15) is 0 Å². The molecule has 150 valence electrons. The summed E-state index contributed by atoms with van der Waals surface area (Å²) in [6.45, 7) is 0. The fourth-order valence-corrected chi connectivity index (χ4v) is 6.21. The van der Waals surface area contributed by atoms with Crippen LogP contribution in [0.25, 0.3) is 0 Å². The van der Waals surface area contributed by atoms with Crippen LogP contribution in [0.4, 0.5) is 0 Å². The molecule has 0 spiro atoms. The lowest BCUT2D eigenvalue weighted by atomic mass is 9.84. The monoisotopic (exact) mass is 446 g/mol. The predicted molar refractivity (Wildman–Crippen MR) is 114 cm³/mol. The summed E-state index contributed by atoms with van der Waals surface area (Å²) in [5.74, 6) is -0.468. The van der Waals surface area contributed by atoms with Gasteiger partial charge in [0.05, 0.1) is 15.5 Å². The number of Topliss-reactive ketones (excluding diaryl/α,β-unsaturated/α-hetero) is 2. The first-order valence-electron chi connectivity index (χ1n) is 9.31.